The van der Waals surface area contributed by atoms with Gasteiger partial charge in [0.2, 0.25) is 0 Å². The lowest BCUT2D eigenvalue weighted by atomic mass is 10.3. The van der Waals surface area contributed by atoms with Gasteiger partial charge in [-0.05, 0) is 28.1 Å². The molecule has 15 heavy (non-hydrogen) atoms. The quantitative estimate of drug-likeness (QED) is 0.847. The van der Waals surface area contributed by atoms with Gasteiger partial charge in [0, 0.05) is 12.5 Å². The predicted octanol–water partition coefficient (Wildman–Crippen LogP) is 2.63. The molecule has 0 radical (unpaired) electrons. The first kappa shape index (κ1) is 10.8. The third-order valence-electron chi connectivity index (χ3n) is 2.31. The Balaban J connectivity index is 2.07. The maximum atomic E-state index is 5.75. The maximum Gasteiger partial charge on any atom is 0.136 e. The van der Waals surface area contributed by atoms with E-state index in [0.717, 1.165) is 29.0 Å². The van der Waals surface area contributed by atoms with Crippen molar-refractivity contribution in [2.75, 3.05) is 20.3 Å². The van der Waals surface area contributed by atoms with E-state index in [4.69, 9.17) is 14.2 Å². The lowest BCUT2D eigenvalue weighted by Gasteiger charge is -2.13. The van der Waals surface area contributed by atoms with Gasteiger partial charge >= 0.3 is 0 Å². The van der Waals surface area contributed by atoms with Gasteiger partial charge in [-0.25, -0.2) is 0 Å². The summed E-state index contributed by atoms with van der Waals surface area (Å²) in [5.41, 5.74) is 0. The van der Waals surface area contributed by atoms with Crippen LogP contribution >= 0.6 is 15.9 Å². The van der Waals surface area contributed by atoms with E-state index >= 15 is 0 Å². The summed E-state index contributed by atoms with van der Waals surface area (Å²) in [6.45, 7) is 1.47. The van der Waals surface area contributed by atoms with Crippen molar-refractivity contribution >= 4 is 15.9 Å². The molecule has 0 unspecified atom stereocenters. The van der Waals surface area contributed by atoms with Crippen LogP contribution in [0.1, 0.15) is 6.42 Å². The standard InChI is InChI=1S/C11H13BrO3/c1-13-11-6-8(2-3-10(11)12)15-9-4-5-14-7-9/h2-3,6,9H,4-5,7H2,1H3/t9-/m1/s1. The van der Waals surface area contributed by atoms with Crippen LogP contribution in [0.25, 0.3) is 0 Å². The Morgan fingerprint density at radius 1 is 1.47 bits per heavy atom. The summed E-state index contributed by atoms with van der Waals surface area (Å²) in [4.78, 5) is 0. The maximum absolute atomic E-state index is 5.75. The lowest BCUT2D eigenvalue weighted by molar-refractivity contribution is 0.141. The number of hydrogen-bond acceptors (Lipinski definition) is 3. The van der Waals surface area contributed by atoms with E-state index in [2.05, 4.69) is 15.9 Å². The molecule has 1 heterocycles. The molecular weight excluding hydrogens is 260 g/mol. The Hall–Kier alpha value is -0.740. The Labute approximate surface area is 97.5 Å². The SMILES string of the molecule is COc1cc(O[C@@H]2CCOC2)ccc1Br. The second-order valence-corrected chi connectivity index (χ2v) is 4.25. The minimum Gasteiger partial charge on any atom is -0.495 e. The van der Waals surface area contributed by atoms with Crippen molar-refractivity contribution < 1.29 is 14.2 Å². The summed E-state index contributed by atoms with van der Waals surface area (Å²) < 4.78 is 17.1. The number of benzene rings is 1. The van der Waals surface area contributed by atoms with Crippen LogP contribution in [0.4, 0.5) is 0 Å². The fourth-order valence-corrected chi connectivity index (χ4v) is 1.92. The smallest absolute Gasteiger partial charge is 0.136 e. The number of halogens is 1. The van der Waals surface area contributed by atoms with Gasteiger partial charge in [-0.2, -0.15) is 0 Å². The molecule has 0 spiro atoms. The van der Waals surface area contributed by atoms with Crippen LogP contribution < -0.4 is 9.47 Å². The van der Waals surface area contributed by atoms with Crippen LogP contribution in [0.15, 0.2) is 22.7 Å². The molecule has 1 fully saturated rings. The van der Waals surface area contributed by atoms with E-state index in [1.807, 2.05) is 18.2 Å². The summed E-state index contributed by atoms with van der Waals surface area (Å²) in [5.74, 6) is 1.61. The highest BCUT2D eigenvalue weighted by Crippen LogP contribution is 2.30. The zero-order valence-electron chi connectivity index (χ0n) is 8.53. The fraction of sp³-hybridized carbons (Fsp3) is 0.455. The molecule has 1 aliphatic heterocycles. The summed E-state index contributed by atoms with van der Waals surface area (Å²) in [7, 11) is 1.64. The van der Waals surface area contributed by atoms with Crippen molar-refractivity contribution in [1.82, 2.24) is 0 Å². The summed E-state index contributed by atoms with van der Waals surface area (Å²) in [6, 6.07) is 5.72. The molecule has 2 rings (SSSR count). The first-order valence-electron chi connectivity index (χ1n) is 4.87. The van der Waals surface area contributed by atoms with Crippen molar-refractivity contribution in [3.63, 3.8) is 0 Å². The molecule has 0 amide bonds. The molecule has 3 nitrogen and oxygen atoms in total. The molecule has 4 heteroatoms. The van der Waals surface area contributed by atoms with Gasteiger partial charge < -0.3 is 14.2 Å². The predicted molar refractivity (Wildman–Crippen MR) is 60.5 cm³/mol. The van der Waals surface area contributed by atoms with Gasteiger partial charge in [0.25, 0.3) is 0 Å². The topological polar surface area (TPSA) is 27.7 Å². The number of rotatable bonds is 3. The Morgan fingerprint density at radius 3 is 3.00 bits per heavy atom. The highest BCUT2D eigenvalue weighted by molar-refractivity contribution is 9.10. The lowest BCUT2D eigenvalue weighted by Crippen LogP contribution is -2.15. The molecule has 1 saturated heterocycles. The van der Waals surface area contributed by atoms with Gasteiger partial charge in [0.15, 0.2) is 0 Å². The van der Waals surface area contributed by atoms with Crippen molar-refractivity contribution in [2.45, 2.75) is 12.5 Å². The van der Waals surface area contributed by atoms with Crippen LogP contribution in [-0.4, -0.2) is 26.4 Å². The summed E-state index contributed by atoms with van der Waals surface area (Å²) in [5, 5.41) is 0. The van der Waals surface area contributed by atoms with E-state index in [-0.39, 0.29) is 6.10 Å². The second-order valence-electron chi connectivity index (χ2n) is 3.40. The van der Waals surface area contributed by atoms with Crippen molar-refractivity contribution in [3.8, 4) is 11.5 Å². The third-order valence-corrected chi connectivity index (χ3v) is 2.97. The van der Waals surface area contributed by atoms with Crippen molar-refractivity contribution in [3.05, 3.63) is 22.7 Å². The monoisotopic (exact) mass is 272 g/mol. The van der Waals surface area contributed by atoms with Crippen LogP contribution in [0.5, 0.6) is 11.5 Å². The first-order chi connectivity index (χ1) is 7.29. The van der Waals surface area contributed by atoms with E-state index in [0.29, 0.717) is 6.61 Å². The molecule has 82 valence electrons. The number of methoxy groups -OCH3 is 1. The first-order valence-corrected chi connectivity index (χ1v) is 5.67. The van der Waals surface area contributed by atoms with E-state index in [9.17, 15) is 0 Å². The summed E-state index contributed by atoms with van der Waals surface area (Å²) >= 11 is 3.40. The van der Waals surface area contributed by atoms with E-state index < -0.39 is 0 Å². The fourth-order valence-electron chi connectivity index (χ4n) is 1.51. The molecular formula is C11H13BrO3. The average molecular weight is 273 g/mol. The van der Waals surface area contributed by atoms with E-state index in [1.165, 1.54) is 0 Å². The zero-order chi connectivity index (χ0) is 10.7. The molecule has 1 atom stereocenters. The molecule has 0 saturated carbocycles. The second kappa shape index (κ2) is 4.86. The van der Waals surface area contributed by atoms with Crippen LogP contribution in [-0.2, 0) is 4.74 Å². The molecule has 1 aromatic rings. The number of hydrogen-bond donors (Lipinski definition) is 0. The minimum absolute atomic E-state index is 0.177. The van der Waals surface area contributed by atoms with Gasteiger partial charge in [-0.1, -0.05) is 0 Å². The molecule has 0 bridgehead atoms. The van der Waals surface area contributed by atoms with Crippen molar-refractivity contribution in [1.29, 1.82) is 0 Å². The van der Waals surface area contributed by atoms with Crippen LogP contribution in [0.2, 0.25) is 0 Å². The van der Waals surface area contributed by atoms with E-state index in [1.54, 1.807) is 7.11 Å². The van der Waals surface area contributed by atoms with Crippen LogP contribution in [0.3, 0.4) is 0 Å². The van der Waals surface area contributed by atoms with Gasteiger partial charge in [-0.15, -0.1) is 0 Å². The molecule has 1 aliphatic rings. The van der Waals surface area contributed by atoms with Gasteiger partial charge in [0.05, 0.1) is 24.8 Å². The largest absolute Gasteiger partial charge is 0.495 e. The normalized spacial score (nSPS) is 20.3. The highest BCUT2D eigenvalue weighted by Gasteiger charge is 2.17. The Kier molecular flexibility index (Phi) is 3.49. The van der Waals surface area contributed by atoms with Gasteiger partial charge in [-0.3, -0.25) is 0 Å². The van der Waals surface area contributed by atoms with Crippen molar-refractivity contribution in [2.24, 2.45) is 0 Å². The molecule has 0 N–H and O–H groups in total. The van der Waals surface area contributed by atoms with Crippen LogP contribution in [0, 0.1) is 0 Å². The highest BCUT2D eigenvalue weighted by atomic mass is 79.9. The summed E-state index contributed by atoms with van der Waals surface area (Å²) in [6.07, 6.45) is 1.13. The van der Waals surface area contributed by atoms with Gasteiger partial charge in [0.1, 0.15) is 17.6 Å². The molecule has 1 aromatic carbocycles. The minimum atomic E-state index is 0.177. The Morgan fingerprint density at radius 2 is 2.33 bits per heavy atom. The Bertz CT molecular complexity index is 335. The third kappa shape index (κ3) is 2.63. The molecule has 0 aromatic heterocycles. The number of ether oxygens (including phenoxy) is 3. The average Bonchev–Trinajstić information content (AvgIpc) is 2.73. The zero-order valence-corrected chi connectivity index (χ0v) is 10.1. The molecule has 0 aliphatic carbocycles.